The van der Waals surface area contributed by atoms with E-state index in [0.717, 1.165) is 28.7 Å². The van der Waals surface area contributed by atoms with Crippen LogP contribution >= 0.6 is 0 Å². The van der Waals surface area contributed by atoms with Gasteiger partial charge in [0.2, 0.25) is 0 Å². The number of aromatic nitrogens is 2. The molecule has 0 bridgehead atoms. The number of imide groups is 1. The second-order valence-electron chi connectivity index (χ2n) is 13.8. The van der Waals surface area contributed by atoms with Gasteiger partial charge in [-0.25, -0.2) is 18.6 Å². The topological polar surface area (TPSA) is 165 Å². The summed E-state index contributed by atoms with van der Waals surface area (Å²) in [6, 6.07) is 12.0. The van der Waals surface area contributed by atoms with Crippen molar-refractivity contribution in [1.29, 1.82) is 0 Å². The zero-order chi connectivity index (χ0) is 38.9. The van der Waals surface area contributed by atoms with Gasteiger partial charge in [-0.1, -0.05) is 30.3 Å². The Kier molecular flexibility index (Phi) is 13.4. The predicted molar refractivity (Wildman–Crippen MR) is 194 cm³/mol. The Balaban J connectivity index is 1.22. The highest BCUT2D eigenvalue weighted by Gasteiger charge is 2.42. The van der Waals surface area contributed by atoms with Gasteiger partial charge in [0.25, 0.3) is 17.7 Å². The van der Waals surface area contributed by atoms with Crippen molar-refractivity contribution >= 4 is 23.8 Å². The fraction of sp³-hybridized carbons (Fsp3) is 0.462. The molecule has 2 saturated heterocycles. The van der Waals surface area contributed by atoms with Crippen LogP contribution in [0.1, 0.15) is 37.2 Å². The summed E-state index contributed by atoms with van der Waals surface area (Å²) in [6.07, 6.45) is 2.50. The molecule has 4 amide bonds. The van der Waals surface area contributed by atoms with Crippen molar-refractivity contribution in [3.8, 4) is 11.3 Å². The molecule has 3 aliphatic rings. The number of ether oxygens (including phenoxy) is 3. The number of halogens is 2. The molecule has 4 unspecified atom stereocenters. The number of amides is 4. The van der Waals surface area contributed by atoms with Gasteiger partial charge in [0.05, 0.1) is 31.5 Å². The second kappa shape index (κ2) is 18.5. The van der Waals surface area contributed by atoms with Crippen molar-refractivity contribution in [3.63, 3.8) is 0 Å². The molecule has 4 heterocycles. The van der Waals surface area contributed by atoms with E-state index in [4.69, 9.17) is 19.2 Å². The first-order chi connectivity index (χ1) is 26.6. The maximum atomic E-state index is 15.2. The summed E-state index contributed by atoms with van der Waals surface area (Å²) < 4.78 is 48.5. The molecular formula is C39H46F2N6O8. The summed E-state index contributed by atoms with van der Waals surface area (Å²) in [5.74, 6) is -2.73. The molecule has 3 aromatic rings. The van der Waals surface area contributed by atoms with Gasteiger partial charge in [0.1, 0.15) is 29.7 Å². The average Bonchev–Trinajstić information content (AvgIpc) is 3.89. The number of rotatable bonds is 16. The fourth-order valence-electron chi connectivity index (χ4n) is 7.21. The van der Waals surface area contributed by atoms with Crippen LogP contribution in [0, 0.1) is 23.5 Å². The third-order valence-corrected chi connectivity index (χ3v) is 10.0. The molecular weight excluding hydrogens is 718 g/mol. The van der Waals surface area contributed by atoms with Crippen LogP contribution in [0.2, 0.25) is 0 Å². The first kappa shape index (κ1) is 39.7. The molecule has 1 aromatic heterocycles. The zero-order valence-corrected chi connectivity index (χ0v) is 30.6. The van der Waals surface area contributed by atoms with Crippen molar-refractivity contribution in [2.24, 2.45) is 11.8 Å². The van der Waals surface area contributed by atoms with Crippen molar-refractivity contribution in [2.75, 3.05) is 59.2 Å². The van der Waals surface area contributed by atoms with E-state index < -0.39 is 53.7 Å². The number of nitrogens with zero attached hydrogens (tertiary/aromatic N) is 4. The van der Waals surface area contributed by atoms with E-state index >= 15 is 4.39 Å². The van der Waals surface area contributed by atoms with Gasteiger partial charge in [0, 0.05) is 75.8 Å². The largest absolute Gasteiger partial charge is 0.444 e. The van der Waals surface area contributed by atoms with Gasteiger partial charge in [-0.2, -0.15) is 0 Å². The van der Waals surface area contributed by atoms with Crippen molar-refractivity contribution in [3.05, 3.63) is 89.9 Å². The smallest absolute Gasteiger partial charge is 0.407 e. The number of imidazole rings is 1. The Labute approximate surface area is 317 Å². The Hall–Kier alpha value is -5.03. The summed E-state index contributed by atoms with van der Waals surface area (Å²) in [7, 11) is 0. The number of carbonyl (C=O) groups is 4. The number of alkyl carbamates (subject to hydrolysis) is 1. The normalized spacial score (nSPS) is 19.8. The molecule has 0 spiro atoms. The van der Waals surface area contributed by atoms with Crippen LogP contribution in [0.3, 0.4) is 0 Å². The minimum absolute atomic E-state index is 0.0221. The summed E-state index contributed by atoms with van der Waals surface area (Å²) in [6.45, 7) is 3.85. The van der Waals surface area contributed by atoms with Gasteiger partial charge >= 0.3 is 6.09 Å². The van der Waals surface area contributed by atoms with Gasteiger partial charge in [-0.3, -0.25) is 19.3 Å². The first-order valence-electron chi connectivity index (χ1n) is 18.5. The first-order valence-corrected chi connectivity index (χ1v) is 18.5. The van der Waals surface area contributed by atoms with Crippen LogP contribution in [0.15, 0.2) is 66.9 Å². The van der Waals surface area contributed by atoms with Gasteiger partial charge in [0.15, 0.2) is 0 Å². The maximum absolute atomic E-state index is 15.2. The minimum Gasteiger partial charge on any atom is -0.444 e. The number of carbonyl (C=O) groups excluding carboxylic acids is 4. The highest BCUT2D eigenvalue weighted by atomic mass is 19.1. The highest BCUT2D eigenvalue weighted by molar-refractivity contribution is 6.12. The second-order valence-corrected chi connectivity index (χ2v) is 13.8. The highest BCUT2D eigenvalue weighted by Crippen LogP contribution is 2.38. The molecule has 14 nitrogen and oxygen atoms in total. The molecule has 0 saturated carbocycles. The van der Waals surface area contributed by atoms with Gasteiger partial charge in [-0.05, 0) is 49.4 Å². The molecule has 55 heavy (non-hydrogen) atoms. The lowest BCUT2D eigenvalue weighted by Gasteiger charge is -2.40. The number of aliphatic hydroxyl groups is 1. The van der Waals surface area contributed by atoms with E-state index in [-0.39, 0.29) is 55.9 Å². The van der Waals surface area contributed by atoms with Crippen LogP contribution < -0.4 is 10.6 Å². The number of hydrogen-bond donors (Lipinski definition) is 3. The summed E-state index contributed by atoms with van der Waals surface area (Å²) in [5.41, 5.74) is 1.10. The Bertz CT molecular complexity index is 1830. The summed E-state index contributed by atoms with van der Waals surface area (Å²) in [5, 5.41) is 16.7. The van der Waals surface area contributed by atoms with E-state index in [1.54, 1.807) is 11.1 Å². The number of nitrogens with one attached hydrogen (secondary N) is 2. The van der Waals surface area contributed by atoms with Crippen LogP contribution in [-0.4, -0.2) is 120 Å². The van der Waals surface area contributed by atoms with Crippen molar-refractivity contribution < 1.29 is 47.3 Å². The van der Waals surface area contributed by atoms with Crippen LogP contribution in [0.25, 0.3) is 11.3 Å². The monoisotopic (exact) mass is 764 g/mol. The lowest BCUT2D eigenvalue weighted by molar-refractivity contribution is -0.146. The number of benzene rings is 2. The molecule has 3 aliphatic heterocycles. The summed E-state index contributed by atoms with van der Waals surface area (Å²) >= 11 is 0. The molecule has 2 aromatic carbocycles. The van der Waals surface area contributed by atoms with E-state index in [1.165, 1.54) is 19.1 Å². The molecule has 0 aliphatic carbocycles. The number of aliphatic hydroxyl groups excluding tert-OH is 1. The molecule has 6 rings (SSSR count). The third kappa shape index (κ3) is 9.99. The predicted octanol–water partition coefficient (Wildman–Crippen LogP) is 2.81. The van der Waals surface area contributed by atoms with E-state index in [2.05, 4.69) is 10.6 Å². The zero-order valence-electron chi connectivity index (χ0n) is 30.6. The number of hydrogen-bond acceptors (Lipinski definition) is 10. The Morgan fingerprint density at radius 2 is 1.82 bits per heavy atom. The van der Waals surface area contributed by atoms with Crippen molar-refractivity contribution in [2.45, 2.75) is 44.6 Å². The SMILES string of the molecule is CC(O)C(=O)N(CC1CNCC1OC(=O)NCCOCCN1C(=O)C=CC1=O)C(c1nc(-c2cc(F)ccc2F)cn1Cc1ccccc1)C1CCOCC1. The van der Waals surface area contributed by atoms with E-state index in [1.807, 2.05) is 34.9 Å². The standard InChI is InChI=1S/C39H46F2N6O8/c1-25(48)38(51)47(23-28-20-42-21-33(28)55-39(52)43-13-17-54-18-14-46-34(49)9-10-35(46)50)36(27-11-15-53-16-12-27)37-44-32(30-19-29(40)7-8-31(30)41)24-45(37)22-26-5-3-2-4-6-26/h2-10,19,24-25,27-28,33,36,42,48H,11-18,20-23H2,1H3,(H,43,52). The van der Waals surface area contributed by atoms with E-state index in [9.17, 15) is 28.7 Å². The van der Waals surface area contributed by atoms with E-state index in [0.29, 0.717) is 51.5 Å². The molecule has 294 valence electrons. The Morgan fingerprint density at radius 1 is 1.07 bits per heavy atom. The molecule has 4 atom stereocenters. The average molecular weight is 765 g/mol. The lowest BCUT2D eigenvalue weighted by atomic mass is 9.88. The lowest BCUT2D eigenvalue weighted by Crippen LogP contribution is -2.49. The Morgan fingerprint density at radius 3 is 2.55 bits per heavy atom. The van der Waals surface area contributed by atoms with Crippen molar-refractivity contribution in [1.82, 2.24) is 30.0 Å². The summed E-state index contributed by atoms with van der Waals surface area (Å²) in [4.78, 5) is 58.0. The van der Waals surface area contributed by atoms with Crippen LogP contribution in [0.4, 0.5) is 13.6 Å². The molecule has 2 fully saturated rings. The minimum atomic E-state index is -1.38. The maximum Gasteiger partial charge on any atom is 0.407 e. The third-order valence-electron chi connectivity index (χ3n) is 10.0. The van der Waals surface area contributed by atoms with Crippen LogP contribution in [-0.2, 0) is 35.1 Å². The van der Waals surface area contributed by atoms with Gasteiger partial charge in [-0.15, -0.1) is 0 Å². The quantitative estimate of drug-likeness (QED) is 0.146. The molecule has 3 N–H and O–H groups in total. The molecule has 0 radical (unpaired) electrons. The van der Waals surface area contributed by atoms with Crippen LogP contribution in [0.5, 0.6) is 0 Å². The van der Waals surface area contributed by atoms with Gasteiger partial charge < -0.3 is 39.4 Å². The molecule has 16 heteroatoms. The fourth-order valence-corrected chi connectivity index (χ4v) is 7.21.